The van der Waals surface area contributed by atoms with Gasteiger partial charge in [0, 0.05) is 17.1 Å². The number of nitrogens with one attached hydrogen (secondary N) is 1. The standard InChI is InChI=1S/C13H19Cl2NO/c1-4-9(2)8-17-13-10(7-16-3)5-11(14)6-12(13)15/h5-6,9,16H,4,7-8H2,1-3H3. The molecule has 17 heavy (non-hydrogen) atoms. The van der Waals surface area contributed by atoms with Crippen molar-refractivity contribution in [2.24, 2.45) is 5.92 Å². The molecule has 0 aliphatic carbocycles. The number of hydrogen-bond acceptors (Lipinski definition) is 2. The third-order valence-corrected chi connectivity index (χ3v) is 3.16. The van der Waals surface area contributed by atoms with E-state index in [1.165, 1.54) is 0 Å². The maximum atomic E-state index is 6.16. The minimum absolute atomic E-state index is 0.518. The zero-order valence-corrected chi connectivity index (χ0v) is 12.0. The molecule has 0 aromatic heterocycles. The average Bonchev–Trinajstić information content (AvgIpc) is 2.27. The molecule has 0 saturated carbocycles. The fourth-order valence-electron chi connectivity index (χ4n) is 1.44. The maximum absolute atomic E-state index is 6.16. The monoisotopic (exact) mass is 275 g/mol. The summed E-state index contributed by atoms with van der Waals surface area (Å²) in [5.74, 6) is 1.26. The van der Waals surface area contributed by atoms with Crippen LogP contribution in [0.4, 0.5) is 0 Å². The Labute approximate surface area is 113 Å². The normalized spacial score (nSPS) is 12.5. The zero-order valence-electron chi connectivity index (χ0n) is 10.5. The van der Waals surface area contributed by atoms with E-state index in [1.54, 1.807) is 6.07 Å². The van der Waals surface area contributed by atoms with Crippen molar-refractivity contribution in [3.05, 3.63) is 27.7 Å². The van der Waals surface area contributed by atoms with Crippen LogP contribution in [0.15, 0.2) is 12.1 Å². The number of halogens is 2. The van der Waals surface area contributed by atoms with E-state index in [0.717, 1.165) is 17.7 Å². The zero-order chi connectivity index (χ0) is 12.8. The molecular formula is C13H19Cl2NO. The van der Waals surface area contributed by atoms with Gasteiger partial charge in [-0.25, -0.2) is 0 Å². The van der Waals surface area contributed by atoms with Crippen LogP contribution in [-0.4, -0.2) is 13.7 Å². The lowest BCUT2D eigenvalue weighted by Crippen LogP contribution is -2.12. The first-order valence-corrected chi connectivity index (χ1v) is 6.59. The van der Waals surface area contributed by atoms with E-state index in [4.69, 9.17) is 27.9 Å². The maximum Gasteiger partial charge on any atom is 0.142 e. The summed E-state index contributed by atoms with van der Waals surface area (Å²) in [6, 6.07) is 3.60. The highest BCUT2D eigenvalue weighted by Crippen LogP contribution is 2.32. The van der Waals surface area contributed by atoms with Crippen LogP contribution in [-0.2, 0) is 6.54 Å². The Balaban J connectivity index is 2.87. The molecule has 1 N–H and O–H groups in total. The Morgan fingerprint density at radius 1 is 1.35 bits per heavy atom. The van der Waals surface area contributed by atoms with Crippen molar-refractivity contribution >= 4 is 23.2 Å². The molecular weight excluding hydrogens is 257 g/mol. The van der Waals surface area contributed by atoms with Crippen LogP contribution in [0, 0.1) is 5.92 Å². The van der Waals surface area contributed by atoms with Gasteiger partial charge in [-0.05, 0) is 25.1 Å². The van der Waals surface area contributed by atoms with Crippen LogP contribution in [0.25, 0.3) is 0 Å². The van der Waals surface area contributed by atoms with Gasteiger partial charge in [0.25, 0.3) is 0 Å². The number of hydrogen-bond donors (Lipinski definition) is 1. The summed E-state index contributed by atoms with van der Waals surface area (Å²) >= 11 is 12.1. The number of ether oxygens (including phenoxy) is 1. The van der Waals surface area contributed by atoms with Crippen molar-refractivity contribution < 1.29 is 4.74 Å². The van der Waals surface area contributed by atoms with Crippen molar-refractivity contribution in [2.45, 2.75) is 26.8 Å². The summed E-state index contributed by atoms with van der Waals surface area (Å²) in [5, 5.41) is 4.29. The van der Waals surface area contributed by atoms with Crippen molar-refractivity contribution in [2.75, 3.05) is 13.7 Å². The Hall–Kier alpha value is -0.440. The van der Waals surface area contributed by atoms with E-state index in [9.17, 15) is 0 Å². The molecule has 4 heteroatoms. The van der Waals surface area contributed by atoms with Gasteiger partial charge >= 0.3 is 0 Å². The van der Waals surface area contributed by atoms with Crippen LogP contribution in [0.1, 0.15) is 25.8 Å². The molecule has 0 fully saturated rings. The molecule has 0 aliphatic rings. The molecule has 0 aliphatic heterocycles. The molecule has 1 aromatic carbocycles. The van der Waals surface area contributed by atoms with Crippen molar-refractivity contribution in [3.63, 3.8) is 0 Å². The lowest BCUT2D eigenvalue weighted by Gasteiger charge is -2.16. The molecule has 1 aromatic rings. The van der Waals surface area contributed by atoms with Crippen LogP contribution < -0.4 is 10.1 Å². The molecule has 0 heterocycles. The predicted octanol–water partition coefficient (Wildman–Crippen LogP) is 4.14. The molecule has 0 radical (unpaired) electrons. The number of rotatable bonds is 6. The molecule has 0 bridgehead atoms. The fourth-order valence-corrected chi connectivity index (χ4v) is 2.03. The molecule has 2 nitrogen and oxygen atoms in total. The summed E-state index contributed by atoms with van der Waals surface area (Å²) < 4.78 is 5.80. The summed E-state index contributed by atoms with van der Waals surface area (Å²) in [6.07, 6.45) is 1.09. The Morgan fingerprint density at radius 3 is 2.65 bits per heavy atom. The van der Waals surface area contributed by atoms with Gasteiger partial charge in [-0.1, -0.05) is 43.5 Å². The van der Waals surface area contributed by atoms with Crippen molar-refractivity contribution in [3.8, 4) is 5.75 Å². The first-order chi connectivity index (χ1) is 8.08. The minimum Gasteiger partial charge on any atom is -0.491 e. The molecule has 0 spiro atoms. The highest BCUT2D eigenvalue weighted by molar-refractivity contribution is 6.35. The molecule has 1 unspecified atom stereocenters. The molecule has 0 amide bonds. The van der Waals surface area contributed by atoms with Crippen LogP contribution in [0.5, 0.6) is 5.75 Å². The van der Waals surface area contributed by atoms with Gasteiger partial charge in [0.15, 0.2) is 0 Å². The molecule has 0 saturated heterocycles. The van der Waals surface area contributed by atoms with E-state index < -0.39 is 0 Å². The van der Waals surface area contributed by atoms with Gasteiger partial charge in [-0.2, -0.15) is 0 Å². The minimum atomic E-state index is 0.518. The van der Waals surface area contributed by atoms with Gasteiger partial charge < -0.3 is 10.1 Å². The summed E-state index contributed by atoms with van der Waals surface area (Å²) in [4.78, 5) is 0. The Morgan fingerprint density at radius 2 is 2.06 bits per heavy atom. The van der Waals surface area contributed by atoms with Crippen LogP contribution in [0.3, 0.4) is 0 Å². The second-order valence-electron chi connectivity index (χ2n) is 4.23. The van der Waals surface area contributed by atoms with Gasteiger partial charge in [0.1, 0.15) is 5.75 Å². The summed E-state index contributed by atoms with van der Waals surface area (Å²) in [5.41, 5.74) is 0.994. The smallest absolute Gasteiger partial charge is 0.142 e. The predicted molar refractivity (Wildman–Crippen MR) is 74.2 cm³/mol. The second kappa shape index (κ2) is 7.10. The van der Waals surface area contributed by atoms with Crippen molar-refractivity contribution in [1.82, 2.24) is 5.32 Å². The van der Waals surface area contributed by atoms with Crippen LogP contribution >= 0.6 is 23.2 Å². The van der Waals surface area contributed by atoms with E-state index in [0.29, 0.717) is 29.1 Å². The van der Waals surface area contributed by atoms with Crippen LogP contribution in [0.2, 0.25) is 10.0 Å². The second-order valence-corrected chi connectivity index (χ2v) is 5.07. The van der Waals surface area contributed by atoms with E-state index in [1.807, 2.05) is 13.1 Å². The fraction of sp³-hybridized carbons (Fsp3) is 0.538. The topological polar surface area (TPSA) is 21.3 Å². The third kappa shape index (κ3) is 4.38. The highest BCUT2D eigenvalue weighted by Gasteiger charge is 2.11. The Bertz CT molecular complexity index is 369. The van der Waals surface area contributed by atoms with E-state index in [2.05, 4.69) is 19.2 Å². The van der Waals surface area contributed by atoms with E-state index >= 15 is 0 Å². The number of benzene rings is 1. The van der Waals surface area contributed by atoms with Gasteiger partial charge in [-0.15, -0.1) is 0 Å². The first kappa shape index (κ1) is 14.6. The summed E-state index contributed by atoms with van der Waals surface area (Å²) in [7, 11) is 1.88. The van der Waals surface area contributed by atoms with Gasteiger partial charge in [-0.3, -0.25) is 0 Å². The van der Waals surface area contributed by atoms with E-state index in [-0.39, 0.29) is 0 Å². The quantitative estimate of drug-likeness (QED) is 0.843. The van der Waals surface area contributed by atoms with Crippen molar-refractivity contribution in [1.29, 1.82) is 0 Å². The molecule has 96 valence electrons. The lowest BCUT2D eigenvalue weighted by molar-refractivity contribution is 0.254. The SMILES string of the molecule is CCC(C)COc1c(Cl)cc(Cl)cc1CNC. The first-order valence-electron chi connectivity index (χ1n) is 5.83. The molecule has 1 atom stereocenters. The van der Waals surface area contributed by atoms with Gasteiger partial charge in [0.05, 0.1) is 11.6 Å². The lowest BCUT2D eigenvalue weighted by atomic mass is 10.1. The highest BCUT2D eigenvalue weighted by atomic mass is 35.5. The average molecular weight is 276 g/mol. The summed E-state index contributed by atoms with van der Waals surface area (Å²) in [6.45, 7) is 5.66. The third-order valence-electron chi connectivity index (χ3n) is 2.66. The Kier molecular flexibility index (Phi) is 6.10. The van der Waals surface area contributed by atoms with Gasteiger partial charge in [0.2, 0.25) is 0 Å². The largest absolute Gasteiger partial charge is 0.491 e. The molecule has 1 rings (SSSR count).